The predicted molar refractivity (Wildman–Crippen MR) is 98.3 cm³/mol. The molecular weight excluding hydrogens is 282 g/mol. The molecule has 2 fully saturated rings. The summed E-state index contributed by atoms with van der Waals surface area (Å²) in [5.41, 5.74) is 4.75. The van der Waals surface area contributed by atoms with Crippen molar-refractivity contribution in [3.05, 3.63) is 34.9 Å². The predicted octanol–water partition coefficient (Wildman–Crippen LogP) is 4.60. The number of carbonyl (C=O) groups excluding carboxylic acids is 1. The molecule has 2 bridgehead atoms. The lowest BCUT2D eigenvalue weighted by Gasteiger charge is -2.31. The van der Waals surface area contributed by atoms with E-state index >= 15 is 0 Å². The molecule has 2 unspecified atom stereocenters. The number of aryl methyl sites for hydroxylation is 1. The summed E-state index contributed by atoms with van der Waals surface area (Å²) < 4.78 is 0.815. The highest BCUT2D eigenvalue weighted by Gasteiger charge is 2.63. The molecule has 0 saturated heterocycles. The molecule has 2 saturated carbocycles. The standard InChI is InChI=1S/C21H30NO/c1-14-12-15(8-9-18(14)22(5,6)7)13-16-17-10-11-21(4,19(16)23)20(17,2)3/h8-9,12-13,17H,10-11H2,1-7H3/q+1/b16-13-. The second kappa shape index (κ2) is 4.80. The molecule has 1 aromatic rings. The van der Waals surface area contributed by atoms with Crippen LogP contribution in [0.2, 0.25) is 0 Å². The van der Waals surface area contributed by atoms with Gasteiger partial charge in [0.05, 0.1) is 21.1 Å². The van der Waals surface area contributed by atoms with Gasteiger partial charge in [0.2, 0.25) is 0 Å². The Labute approximate surface area is 140 Å². The maximum absolute atomic E-state index is 12.9. The molecule has 0 radical (unpaired) electrons. The van der Waals surface area contributed by atoms with E-state index in [1.165, 1.54) is 11.3 Å². The van der Waals surface area contributed by atoms with Crippen molar-refractivity contribution in [3.63, 3.8) is 0 Å². The van der Waals surface area contributed by atoms with Crippen LogP contribution in [0.5, 0.6) is 0 Å². The van der Waals surface area contributed by atoms with Crippen LogP contribution in [0.3, 0.4) is 0 Å². The minimum absolute atomic E-state index is 0.0905. The number of benzene rings is 1. The van der Waals surface area contributed by atoms with Crippen LogP contribution in [0.25, 0.3) is 6.08 Å². The molecule has 0 aromatic heterocycles. The van der Waals surface area contributed by atoms with E-state index < -0.39 is 0 Å². The van der Waals surface area contributed by atoms with E-state index in [1.807, 2.05) is 0 Å². The van der Waals surface area contributed by atoms with Crippen molar-refractivity contribution in [1.29, 1.82) is 0 Å². The zero-order chi connectivity index (χ0) is 17.2. The summed E-state index contributed by atoms with van der Waals surface area (Å²) in [5, 5.41) is 0. The van der Waals surface area contributed by atoms with E-state index in [1.54, 1.807) is 0 Å². The highest BCUT2D eigenvalue weighted by atomic mass is 16.1. The third-order valence-corrected chi connectivity index (χ3v) is 6.63. The lowest BCUT2D eigenvalue weighted by atomic mass is 9.70. The topological polar surface area (TPSA) is 17.1 Å². The first-order valence-electron chi connectivity index (χ1n) is 8.67. The second-order valence-corrected chi connectivity index (χ2v) is 9.13. The van der Waals surface area contributed by atoms with Gasteiger partial charge in [0.1, 0.15) is 5.69 Å². The molecule has 2 atom stereocenters. The summed E-state index contributed by atoms with van der Waals surface area (Å²) >= 11 is 0. The Morgan fingerprint density at radius 2 is 1.83 bits per heavy atom. The summed E-state index contributed by atoms with van der Waals surface area (Å²) in [7, 11) is 6.55. The average molecular weight is 312 g/mol. The fraction of sp³-hybridized carbons (Fsp3) is 0.571. The molecule has 0 heterocycles. The van der Waals surface area contributed by atoms with E-state index in [-0.39, 0.29) is 10.8 Å². The Balaban J connectivity index is 2.01. The molecule has 2 nitrogen and oxygen atoms in total. The Morgan fingerprint density at radius 3 is 2.30 bits per heavy atom. The maximum atomic E-state index is 12.9. The Hall–Kier alpha value is -1.41. The van der Waals surface area contributed by atoms with Crippen LogP contribution in [-0.4, -0.2) is 26.9 Å². The highest BCUT2D eigenvalue weighted by Crippen LogP contribution is 2.65. The quantitative estimate of drug-likeness (QED) is 0.576. The zero-order valence-corrected chi connectivity index (χ0v) is 15.7. The molecule has 1 aromatic carbocycles. The molecule has 2 heteroatoms. The smallest absolute Gasteiger partial charge is 0.165 e. The van der Waals surface area contributed by atoms with Gasteiger partial charge in [-0.05, 0) is 66.5 Å². The molecule has 0 spiro atoms. The maximum Gasteiger partial charge on any atom is 0.165 e. The molecule has 0 aliphatic heterocycles. The molecule has 3 rings (SSSR count). The van der Waals surface area contributed by atoms with E-state index in [0.29, 0.717) is 11.7 Å². The fourth-order valence-electron chi connectivity index (χ4n) is 4.79. The molecule has 124 valence electrons. The lowest BCUT2D eigenvalue weighted by Crippen LogP contribution is -2.35. The Bertz CT molecular complexity index is 705. The van der Waals surface area contributed by atoms with Gasteiger partial charge in [-0.25, -0.2) is 0 Å². The van der Waals surface area contributed by atoms with Crippen molar-refractivity contribution >= 4 is 17.5 Å². The first-order chi connectivity index (χ1) is 10.5. The number of allylic oxidation sites excluding steroid dienone is 1. The molecule has 2 aliphatic carbocycles. The summed E-state index contributed by atoms with van der Waals surface area (Å²) in [6.45, 7) is 8.87. The van der Waals surface area contributed by atoms with E-state index in [4.69, 9.17) is 0 Å². The van der Waals surface area contributed by atoms with Crippen molar-refractivity contribution in [2.24, 2.45) is 16.7 Å². The number of nitrogens with zero attached hydrogens (tertiary/aromatic N) is 1. The van der Waals surface area contributed by atoms with Gasteiger partial charge in [-0.15, -0.1) is 0 Å². The number of ketones is 1. The average Bonchev–Trinajstić information content (AvgIpc) is 2.72. The van der Waals surface area contributed by atoms with Crippen LogP contribution in [0.15, 0.2) is 23.8 Å². The van der Waals surface area contributed by atoms with Gasteiger partial charge in [-0.3, -0.25) is 9.28 Å². The van der Waals surface area contributed by atoms with Crippen LogP contribution >= 0.6 is 0 Å². The highest BCUT2D eigenvalue weighted by molar-refractivity contribution is 6.08. The number of quaternary nitrogens is 1. The number of fused-ring (bicyclic) bond motifs is 2. The molecule has 2 aliphatic rings. The summed E-state index contributed by atoms with van der Waals surface area (Å²) in [4.78, 5) is 12.9. The number of hydrogen-bond acceptors (Lipinski definition) is 1. The zero-order valence-electron chi connectivity index (χ0n) is 15.7. The first kappa shape index (κ1) is 16.4. The number of rotatable bonds is 2. The van der Waals surface area contributed by atoms with Crippen molar-refractivity contribution in [2.45, 2.75) is 40.5 Å². The van der Waals surface area contributed by atoms with Gasteiger partial charge in [0.15, 0.2) is 5.78 Å². The number of carbonyl (C=O) groups is 1. The summed E-state index contributed by atoms with van der Waals surface area (Å²) in [6, 6.07) is 6.58. The van der Waals surface area contributed by atoms with Gasteiger partial charge in [-0.2, -0.15) is 0 Å². The van der Waals surface area contributed by atoms with Gasteiger partial charge < -0.3 is 0 Å². The van der Waals surface area contributed by atoms with Crippen molar-refractivity contribution in [1.82, 2.24) is 4.48 Å². The third-order valence-electron chi connectivity index (χ3n) is 6.63. The SMILES string of the molecule is Cc1cc(/C=C2\C(=O)C3(C)CCC2C3(C)C)ccc1[N+](C)(C)C. The van der Waals surface area contributed by atoms with Crippen LogP contribution in [-0.2, 0) is 4.79 Å². The Kier molecular flexibility index (Phi) is 3.43. The third kappa shape index (κ3) is 2.22. The van der Waals surface area contributed by atoms with E-state index in [9.17, 15) is 4.79 Å². The molecular formula is C21H30NO+. The second-order valence-electron chi connectivity index (χ2n) is 9.13. The fourth-order valence-corrected chi connectivity index (χ4v) is 4.79. The normalized spacial score (nSPS) is 31.2. The van der Waals surface area contributed by atoms with Gasteiger partial charge in [0.25, 0.3) is 0 Å². The summed E-state index contributed by atoms with van der Waals surface area (Å²) in [5.74, 6) is 0.797. The largest absolute Gasteiger partial charge is 0.298 e. The van der Waals surface area contributed by atoms with Gasteiger partial charge in [0, 0.05) is 11.0 Å². The van der Waals surface area contributed by atoms with Crippen LogP contribution < -0.4 is 4.48 Å². The minimum Gasteiger partial charge on any atom is -0.298 e. The van der Waals surface area contributed by atoms with Crippen molar-refractivity contribution in [3.8, 4) is 0 Å². The lowest BCUT2D eigenvalue weighted by molar-refractivity contribution is -0.125. The minimum atomic E-state index is -0.166. The van der Waals surface area contributed by atoms with E-state index in [2.05, 4.69) is 73.1 Å². The van der Waals surface area contributed by atoms with Crippen LogP contribution in [0, 0.1) is 23.7 Å². The first-order valence-corrected chi connectivity index (χ1v) is 8.67. The van der Waals surface area contributed by atoms with Gasteiger partial charge >= 0.3 is 0 Å². The van der Waals surface area contributed by atoms with Gasteiger partial charge in [-0.1, -0.05) is 20.8 Å². The van der Waals surface area contributed by atoms with Crippen molar-refractivity contribution in [2.75, 3.05) is 21.1 Å². The molecule has 23 heavy (non-hydrogen) atoms. The molecule has 0 amide bonds. The number of Topliss-reactive ketones (excluding diaryl/α,β-unsaturated/α-hetero) is 1. The molecule has 0 N–H and O–H groups in total. The Morgan fingerprint density at radius 1 is 1.17 bits per heavy atom. The summed E-state index contributed by atoms with van der Waals surface area (Å²) in [6.07, 6.45) is 4.35. The van der Waals surface area contributed by atoms with Crippen LogP contribution in [0.1, 0.15) is 44.7 Å². The number of hydrogen-bond donors (Lipinski definition) is 0. The van der Waals surface area contributed by atoms with Crippen molar-refractivity contribution < 1.29 is 4.79 Å². The van der Waals surface area contributed by atoms with Crippen LogP contribution in [0.4, 0.5) is 5.69 Å². The van der Waals surface area contributed by atoms with E-state index in [0.717, 1.165) is 28.5 Å². The monoisotopic (exact) mass is 312 g/mol.